The number of nitrogens with one attached hydrogen (secondary N) is 1. The summed E-state index contributed by atoms with van der Waals surface area (Å²) in [4.78, 5) is 12.9. The molecule has 2 aromatic rings. The van der Waals surface area contributed by atoms with Gasteiger partial charge in [0.05, 0.1) is 27.6 Å². The quantitative estimate of drug-likeness (QED) is 0.699. The number of benzene rings is 2. The van der Waals surface area contributed by atoms with Gasteiger partial charge >= 0.3 is 0 Å². The lowest BCUT2D eigenvalue weighted by atomic mass is 10.2. The summed E-state index contributed by atoms with van der Waals surface area (Å²) in [5.41, 5.74) is 0.557. The van der Waals surface area contributed by atoms with Crippen molar-refractivity contribution in [2.45, 2.75) is 30.6 Å². The first kappa shape index (κ1) is 21.9. The normalized spacial score (nSPS) is 15.6. The summed E-state index contributed by atoms with van der Waals surface area (Å²) in [6.45, 7) is 0.971. The fraction of sp³-hybridized carbons (Fsp3) is 0.350. The lowest BCUT2D eigenvalue weighted by Crippen LogP contribution is -2.32. The van der Waals surface area contributed by atoms with Crippen LogP contribution in [-0.4, -0.2) is 38.8 Å². The summed E-state index contributed by atoms with van der Waals surface area (Å²) in [6, 6.07) is 9.01. The standard InChI is InChI=1S/C20H22Cl2N2O4S/c1-28-19-9-7-15(29(26,27)24-10-4-2-3-5-11-24)13-16(19)20(25)23-14-6-8-17(21)18(22)12-14/h6-9,12-13H,2-5,10-11H2,1H3,(H,23,25). The SMILES string of the molecule is COc1ccc(S(=O)(=O)N2CCCCCC2)cc1C(=O)Nc1ccc(Cl)c(Cl)c1. The maximum Gasteiger partial charge on any atom is 0.259 e. The van der Waals surface area contributed by atoms with Gasteiger partial charge in [0, 0.05) is 18.8 Å². The molecule has 156 valence electrons. The third-order valence-corrected chi connectivity index (χ3v) is 7.43. The van der Waals surface area contributed by atoms with Crippen LogP contribution in [0, 0.1) is 0 Å². The Balaban J connectivity index is 1.91. The monoisotopic (exact) mass is 456 g/mol. The van der Waals surface area contributed by atoms with Crippen LogP contribution >= 0.6 is 23.2 Å². The summed E-state index contributed by atoms with van der Waals surface area (Å²) in [5, 5.41) is 3.37. The Morgan fingerprint density at radius 2 is 1.69 bits per heavy atom. The van der Waals surface area contributed by atoms with Gasteiger partial charge in [-0.2, -0.15) is 4.31 Å². The van der Waals surface area contributed by atoms with E-state index in [2.05, 4.69) is 5.32 Å². The predicted molar refractivity (Wildman–Crippen MR) is 115 cm³/mol. The van der Waals surface area contributed by atoms with Gasteiger partial charge in [-0.1, -0.05) is 36.0 Å². The van der Waals surface area contributed by atoms with Crippen molar-refractivity contribution in [2.24, 2.45) is 0 Å². The maximum absolute atomic E-state index is 13.1. The maximum atomic E-state index is 13.1. The van der Waals surface area contributed by atoms with Crippen molar-refractivity contribution >= 4 is 44.8 Å². The van der Waals surface area contributed by atoms with E-state index in [-0.39, 0.29) is 16.2 Å². The van der Waals surface area contributed by atoms with Crippen LogP contribution in [-0.2, 0) is 10.0 Å². The van der Waals surface area contributed by atoms with Crippen LogP contribution in [0.25, 0.3) is 0 Å². The Hall–Kier alpha value is -1.80. The van der Waals surface area contributed by atoms with E-state index in [0.29, 0.717) is 28.8 Å². The van der Waals surface area contributed by atoms with Crippen molar-refractivity contribution in [3.63, 3.8) is 0 Å². The minimum atomic E-state index is -3.69. The van der Waals surface area contributed by atoms with Crippen molar-refractivity contribution in [2.75, 3.05) is 25.5 Å². The first-order valence-corrected chi connectivity index (χ1v) is 11.5. The summed E-state index contributed by atoms with van der Waals surface area (Å²) in [5.74, 6) is -0.231. The Labute approximate surface area is 180 Å². The number of nitrogens with zero attached hydrogens (tertiary/aromatic N) is 1. The van der Waals surface area contributed by atoms with Gasteiger partial charge < -0.3 is 10.1 Å². The first-order valence-electron chi connectivity index (χ1n) is 9.27. The van der Waals surface area contributed by atoms with E-state index in [0.717, 1.165) is 25.7 Å². The minimum Gasteiger partial charge on any atom is -0.496 e. The molecule has 0 aliphatic carbocycles. The highest BCUT2D eigenvalue weighted by Crippen LogP contribution is 2.28. The molecule has 9 heteroatoms. The third-order valence-electron chi connectivity index (χ3n) is 4.80. The highest BCUT2D eigenvalue weighted by molar-refractivity contribution is 7.89. The average Bonchev–Trinajstić information content (AvgIpc) is 3.00. The van der Waals surface area contributed by atoms with Crippen molar-refractivity contribution in [1.82, 2.24) is 4.31 Å². The van der Waals surface area contributed by atoms with Gasteiger partial charge in [0.25, 0.3) is 5.91 Å². The van der Waals surface area contributed by atoms with E-state index >= 15 is 0 Å². The zero-order chi connectivity index (χ0) is 21.0. The number of ether oxygens (including phenoxy) is 1. The van der Waals surface area contributed by atoms with Crippen LogP contribution in [0.4, 0.5) is 5.69 Å². The molecule has 2 aromatic carbocycles. The van der Waals surface area contributed by atoms with Gasteiger partial charge in [-0.25, -0.2) is 8.42 Å². The number of rotatable bonds is 5. The molecule has 3 rings (SSSR count). The molecule has 1 N–H and O–H groups in total. The number of amides is 1. The smallest absolute Gasteiger partial charge is 0.259 e. The number of halogens is 2. The van der Waals surface area contributed by atoms with Crippen LogP contribution in [0.3, 0.4) is 0 Å². The number of carbonyl (C=O) groups excluding carboxylic acids is 1. The van der Waals surface area contributed by atoms with Gasteiger partial charge in [0.2, 0.25) is 10.0 Å². The minimum absolute atomic E-state index is 0.0690. The average molecular weight is 457 g/mol. The Morgan fingerprint density at radius 1 is 1.00 bits per heavy atom. The molecular formula is C20H22Cl2N2O4S. The Kier molecular flexibility index (Phi) is 7.05. The number of anilines is 1. The molecule has 1 saturated heterocycles. The van der Waals surface area contributed by atoms with E-state index in [4.69, 9.17) is 27.9 Å². The summed E-state index contributed by atoms with van der Waals surface area (Å²) < 4.78 is 32.9. The second-order valence-electron chi connectivity index (χ2n) is 6.76. The van der Waals surface area contributed by atoms with E-state index in [1.165, 1.54) is 35.7 Å². The van der Waals surface area contributed by atoms with Gasteiger partial charge in [-0.3, -0.25) is 4.79 Å². The molecule has 6 nitrogen and oxygen atoms in total. The van der Waals surface area contributed by atoms with E-state index in [9.17, 15) is 13.2 Å². The lowest BCUT2D eigenvalue weighted by molar-refractivity contribution is 0.102. The molecule has 0 aromatic heterocycles. The number of carbonyl (C=O) groups is 1. The van der Waals surface area contributed by atoms with Crippen LogP contribution in [0.5, 0.6) is 5.75 Å². The summed E-state index contributed by atoms with van der Waals surface area (Å²) >= 11 is 11.9. The zero-order valence-electron chi connectivity index (χ0n) is 16.0. The number of sulfonamides is 1. The molecule has 1 heterocycles. The van der Waals surface area contributed by atoms with Crippen molar-refractivity contribution in [1.29, 1.82) is 0 Å². The molecule has 1 amide bonds. The molecule has 1 aliphatic heterocycles. The topological polar surface area (TPSA) is 75.7 Å². The Morgan fingerprint density at radius 3 is 2.31 bits per heavy atom. The molecule has 1 aliphatic rings. The third kappa shape index (κ3) is 5.04. The van der Waals surface area contributed by atoms with Gasteiger partial charge in [-0.15, -0.1) is 0 Å². The van der Waals surface area contributed by atoms with E-state index < -0.39 is 15.9 Å². The molecule has 0 bridgehead atoms. The second-order valence-corrected chi connectivity index (χ2v) is 9.52. The summed E-state index contributed by atoms with van der Waals surface area (Å²) in [7, 11) is -2.27. The van der Waals surface area contributed by atoms with Gasteiger partial charge in [0.15, 0.2) is 0 Å². The molecule has 0 unspecified atom stereocenters. The molecule has 0 saturated carbocycles. The van der Waals surface area contributed by atoms with Crippen molar-refractivity contribution < 1.29 is 17.9 Å². The lowest BCUT2D eigenvalue weighted by Gasteiger charge is -2.20. The molecule has 0 atom stereocenters. The predicted octanol–water partition coefficient (Wildman–Crippen LogP) is 4.82. The van der Waals surface area contributed by atoms with Crippen molar-refractivity contribution in [3.05, 3.63) is 52.0 Å². The summed E-state index contributed by atoms with van der Waals surface area (Å²) in [6.07, 6.45) is 3.71. The molecule has 1 fully saturated rings. The van der Waals surface area contributed by atoms with E-state index in [1.807, 2.05) is 0 Å². The fourth-order valence-corrected chi connectivity index (χ4v) is 5.07. The first-order chi connectivity index (χ1) is 13.8. The van der Waals surface area contributed by atoms with Crippen molar-refractivity contribution in [3.8, 4) is 5.75 Å². The number of hydrogen-bond donors (Lipinski definition) is 1. The fourth-order valence-electron chi connectivity index (χ4n) is 3.23. The largest absolute Gasteiger partial charge is 0.496 e. The highest BCUT2D eigenvalue weighted by atomic mass is 35.5. The van der Waals surface area contributed by atoms with Gasteiger partial charge in [-0.05, 0) is 49.2 Å². The zero-order valence-corrected chi connectivity index (χ0v) is 18.3. The number of methoxy groups -OCH3 is 1. The number of hydrogen-bond acceptors (Lipinski definition) is 4. The van der Waals surface area contributed by atoms with Crippen LogP contribution < -0.4 is 10.1 Å². The van der Waals surface area contributed by atoms with Crippen LogP contribution in [0.2, 0.25) is 10.0 Å². The molecule has 29 heavy (non-hydrogen) atoms. The van der Waals surface area contributed by atoms with Crippen LogP contribution in [0.15, 0.2) is 41.3 Å². The highest BCUT2D eigenvalue weighted by Gasteiger charge is 2.27. The van der Waals surface area contributed by atoms with Gasteiger partial charge in [0.1, 0.15) is 5.75 Å². The molecular weight excluding hydrogens is 435 g/mol. The Bertz CT molecular complexity index is 1000. The molecule has 0 radical (unpaired) electrons. The molecule has 0 spiro atoms. The van der Waals surface area contributed by atoms with E-state index in [1.54, 1.807) is 12.1 Å². The second kappa shape index (κ2) is 9.34. The van der Waals surface area contributed by atoms with Crippen LogP contribution in [0.1, 0.15) is 36.0 Å².